The first-order chi connectivity index (χ1) is 9.95. The fourth-order valence-electron chi connectivity index (χ4n) is 1.99. The second-order valence-corrected chi connectivity index (χ2v) is 6.04. The van der Waals surface area contributed by atoms with Crippen molar-refractivity contribution < 1.29 is 9.18 Å². The highest BCUT2D eigenvalue weighted by atomic mass is 127. The third-order valence-electron chi connectivity index (χ3n) is 3.03. The molecule has 2 N–H and O–H groups in total. The van der Waals surface area contributed by atoms with Crippen molar-refractivity contribution in [1.82, 2.24) is 0 Å². The van der Waals surface area contributed by atoms with Crippen LogP contribution < -0.4 is 10.6 Å². The first-order valence-corrected chi connectivity index (χ1v) is 7.62. The van der Waals surface area contributed by atoms with Crippen LogP contribution in [-0.2, 0) is 4.79 Å². The quantitative estimate of drug-likeness (QED) is 0.742. The number of hydrogen-bond donors (Lipinski definition) is 2. The molecule has 110 valence electrons. The predicted octanol–water partition coefficient (Wildman–Crippen LogP) is 4.56. The van der Waals surface area contributed by atoms with Crippen molar-refractivity contribution >= 4 is 39.9 Å². The van der Waals surface area contributed by atoms with E-state index >= 15 is 0 Å². The molecule has 0 aliphatic heterocycles. The Labute approximate surface area is 137 Å². The number of nitrogens with one attached hydrogen (secondary N) is 2. The molecule has 0 aliphatic carbocycles. The monoisotopic (exact) mass is 398 g/mol. The van der Waals surface area contributed by atoms with E-state index in [9.17, 15) is 9.18 Å². The molecule has 1 atom stereocenters. The number of rotatable bonds is 4. The van der Waals surface area contributed by atoms with Crippen LogP contribution in [0.4, 0.5) is 15.8 Å². The van der Waals surface area contributed by atoms with Gasteiger partial charge in [-0.05, 0) is 65.4 Å². The Bertz CT molecular complexity index is 643. The van der Waals surface area contributed by atoms with Gasteiger partial charge in [0.05, 0.1) is 5.69 Å². The summed E-state index contributed by atoms with van der Waals surface area (Å²) in [5, 5.41) is 5.78. The van der Waals surface area contributed by atoms with Gasteiger partial charge in [-0.25, -0.2) is 4.39 Å². The van der Waals surface area contributed by atoms with Crippen molar-refractivity contribution in [1.29, 1.82) is 0 Å². The Kier molecular flexibility index (Phi) is 5.17. The fraction of sp³-hybridized carbons (Fsp3) is 0.188. The topological polar surface area (TPSA) is 41.1 Å². The number of anilines is 2. The Morgan fingerprint density at radius 2 is 1.86 bits per heavy atom. The van der Waals surface area contributed by atoms with E-state index in [0.29, 0.717) is 0 Å². The lowest BCUT2D eigenvalue weighted by Gasteiger charge is -2.17. The summed E-state index contributed by atoms with van der Waals surface area (Å²) in [5.74, 6) is -0.741. The lowest BCUT2D eigenvalue weighted by Crippen LogP contribution is -2.10. The average molecular weight is 398 g/mol. The van der Waals surface area contributed by atoms with Crippen LogP contribution in [0.15, 0.2) is 42.5 Å². The zero-order valence-electron chi connectivity index (χ0n) is 11.8. The number of hydrogen-bond acceptors (Lipinski definition) is 2. The third kappa shape index (κ3) is 4.42. The van der Waals surface area contributed by atoms with E-state index in [-0.39, 0.29) is 17.6 Å². The van der Waals surface area contributed by atoms with E-state index in [4.69, 9.17) is 0 Å². The van der Waals surface area contributed by atoms with Gasteiger partial charge in [-0.1, -0.05) is 12.1 Å². The molecule has 0 heterocycles. The molecule has 1 amide bonds. The highest BCUT2D eigenvalue weighted by Crippen LogP contribution is 2.24. The smallest absolute Gasteiger partial charge is 0.221 e. The highest BCUT2D eigenvalue weighted by molar-refractivity contribution is 14.1. The minimum Gasteiger partial charge on any atom is -0.378 e. The normalized spacial score (nSPS) is 11.8. The van der Waals surface area contributed by atoms with Gasteiger partial charge < -0.3 is 10.6 Å². The summed E-state index contributed by atoms with van der Waals surface area (Å²) in [6.07, 6.45) is 0. The van der Waals surface area contributed by atoms with Crippen LogP contribution in [0.5, 0.6) is 0 Å². The number of carbonyl (C=O) groups excluding carboxylic acids is 1. The zero-order chi connectivity index (χ0) is 15.4. The zero-order valence-corrected chi connectivity index (χ0v) is 13.9. The van der Waals surface area contributed by atoms with Gasteiger partial charge in [-0.3, -0.25) is 4.79 Å². The summed E-state index contributed by atoms with van der Waals surface area (Å²) in [4.78, 5) is 11.1. The maximum atomic E-state index is 13.6. The lowest BCUT2D eigenvalue weighted by molar-refractivity contribution is -0.114. The summed E-state index contributed by atoms with van der Waals surface area (Å²) in [5.41, 5.74) is 2.08. The minimum absolute atomic E-state index is 0.0811. The molecule has 0 aromatic heterocycles. The third-order valence-corrected chi connectivity index (χ3v) is 3.75. The second kappa shape index (κ2) is 6.89. The average Bonchev–Trinajstić information content (AvgIpc) is 2.42. The molecule has 0 bridgehead atoms. The number of benzene rings is 2. The summed E-state index contributed by atoms with van der Waals surface area (Å²) in [6.45, 7) is 3.39. The van der Waals surface area contributed by atoms with Crippen molar-refractivity contribution in [3.8, 4) is 0 Å². The summed E-state index contributed by atoms with van der Waals surface area (Å²) in [6, 6.07) is 12.9. The first kappa shape index (κ1) is 15.8. The van der Waals surface area contributed by atoms with Gasteiger partial charge in [-0.15, -0.1) is 0 Å². The van der Waals surface area contributed by atoms with Gasteiger partial charge in [0.15, 0.2) is 0 Å². The Balaban J connectivity index is 2.15. The SMILES string of the molecule is CC(=O)Nc1cc(NC(C)c2ccc(I)cc2)ccc1F. The summed E-state index contributed by atoms with van der Waals surface area (Å²) >= 11 is 2.26. The van der Waals surface area contributed by atoms with Gasteiger partial charge in [0.25, 0.3) is 0 Å². The standard InChI is InChI=1S/C16H16FIN2O/c1-10(12-3-5-13(18)6-4-12)19-14-7-8-15(17)16(9-14)20-11(2)21/h3-10,19H,1-2H3,(H,20,21). The molecule has 1 unspecified atom stereocenters. The van der Waals surface area contributed by atoms with Crippen LogP contribution in [0.3, 0.4) is 0 Å². The van der Waals surface area contributed by atoms with E-state index < -0.39 is 5.82 Å². The molecule has 2 aromatic carbocycles. The van der Waals surface area contributed by atoms with Gasteiger partial charge in [0.1, 0.15) is 5.82 Å². The van der Waals surface area contributed by atoms with Crippen molar-refractivity contribution in [2.45, 2.75) is 19.9 Å². The first-order valence-electron chi connectivity index (χ1n) is 6.55. The molecular weight excluding hydrogens is 382 g/mol. The molecule has 0 saturated carbocycles. The van der Waals surface area contributed by atoms with Gasteiger partial charge in [-0.2, -0.15) is 0 Å². The molecular formula is C16H16FIN2O. The molecule has 2 aromatic rings. The van der Waals surface area contributed by atoms with E-state index in [0.717, 1.165) is 11.3 Å². The molecule has 5 heteroatoms. The number of halogens is 2. The van der Waals surface area contributed by atoms with E-state index in [1.807, 2.05) is 19.1 Å². The van der Waals surface area contributed by atoms with Crippen LogP contribution >= 0.6 is 22.6 Å². The second-order valence-electron chi connectivity index (χ2n) is 4.79. The number of amides is 1. The molecule has 3 nitrogen and oxygen atoms in total. The van der Waals surface area contributed by atoms with Crippen molar-refractivity contribution in [3.05, 3.63) is 57.4 Å². The van der Waals surface area contributed by atoms with Crippen molar-refractivity contribution in [3.63, 3.8) is 0 Å². The summed E-state index contributed by atoms with van der Waals surface area (Å²) in [7, 11) is 0. The molecule has 21 heavy (non-hydrogen) atoms. The molecule has 0 saturated heterocycles. The van der Waals surface area contributed by atoms with E-state index in [2.05, 4.69) is 45.4 Å². The van der Waals surface area contributed by atoms with Crippen molar-refractivity contribution in [2.75, 3.05) is 10.6 Å². The Hall–Kier alpha value is -1.63. The van der Waals surface area contributed by atoms with Crippen LogP contribution in [0, 0.1) is 9.39 Å². The Morgan fingerprint density at radius 1 is 1.19 bits per heavy atom. The lowest BCUT2D eigenvalue weighted by atomic mass is 10.1. The summed E-state index contributed by atoms with van der Waals surface area (Å²) < 4.78 is 14.8. The molecule has 0 aliphatic rings. The predicted molar refractivity (Wildman–Crippen MR) is 91.9 cm³/mol. The fourth-order valence-corrected chi connectivity index (χ4v) is 2.34. The maximum absolute atomic E-state index is 13.6. The van der Waals surface area contributed by atoms with Gasteiger partial charge in [0.2, 0.25) is 5.91 Å². The molecule has 0 fully saturated rings. The van der Waals surface area contributed by atoms with Crippen molar-refractivity contribution in [2.24, 2.45) is 0 Å². The highest BCUT2D eigenvalue weighted by Gasteiger charge is 2.08. The van der Waals surface area contributed by atoms with Crippen LogP contribution in [0.2, 0.25) is 0 Å². The number of carbonyl (C=O) groups is 1. The van der Waals surface area contributed by atoms with E-state index in [1.54, 1.807) is 12.1 Å². The van der Waals surface area contributed by atoms with E-state index in [1.165, 1.54) is 16.6 Å². The van der Waals surface area contributed by atoms with Crippen LogP contribution in [0.25, 0.3) is 0 Å². The minimum atomic E-state index is -0.447. The molecule has 2 rings (SSSR count). The Morgan fingerprint density at radius 3 is 2.48 bits per heavy atom. The largest absolute Gasteiger partial charge is 0.378 e. The van der Waals surface area contributed by atoms with Gasteiger partial charge in [0, 0.05) is 22.2 Å². The molecule has 0 spiro atoms. The maximum Gasteiger partial charge on any atom is 0.221 e. The van der Waals surface area contributed by atoms with Crippen LogP contribution in [0.1, 0.15) is 25.5 Å². The molecule has 0 radical (unpaired) electrons. The van der Waals surface area contributed by atoms with Crippen LogP contribution in [-0.4, -0.2) is 5.91 Å². The van der Waals surface area contributed by atoms with Gasteiger partial charge >= 0.3 is 0 Å².